The van der Waals surface area contributed by atoms with Crippen LogP contribution in [0, 0.1) is 5.41 Å². The number of nitrogens with zero attached hydrogens (tertiary/aromatic N) is 4. The number of hydrogen-bond donors (Lipinski definition) is 2. The summed E-state index contributed by atoms with van der Waals surface area (Å²) in [5.41, 5.74) is -1.48. The molecule has 0 radical (unpaired) electrons. The van der Waals surface area contributed by atoms with Crippen molar-refractivity contribution in [2.45, 2.75) is 39.2 Å². The molecule has 1 aliphatic heterocycles. The van der Waals surface area contributed by atoms with E-state index in [-0.39, 0.29) is 10.9 Å². The lowest BCUT2D eigenvalue weighted by Gasteiger charge is -2.46. The van der Waals surface area contributed by atoms with Gasteiger partial charge in [-0.3, -0.25) is 14.8 Å². The third kappa shape index (κ3) is 2.73. The van der Waals surface area contributed by atoms with Crippen LogP contribution in [-0.4, -0.2) is 42.4 Å². The van der Waals surface area contributed by atoms with E-state index in [9.17, 15) is 14.7 Å². The topological polar surface area (TPSA) is 104 Å². The maximum atomic E-state index is 13.6. The number of aromatic nitrogens is 4. The van der Waals surface area contributed by atoms with E-state index in [4.69, 9.17) is 16.6 Å². The lowest BCUT2D eigenvalue weighted by atomic mass is 9.71. The summed E-state index contributed by atoms with van der Waals surface area (Å²) < 4.78 is 1.40. The number of H-pyrrole nitrogens is 1. The molecule has 0 bridgehead atoms. The van der Waals surface area contributed by atoms with Crippen LogP contribution in [0.4, 0.5) is 4.79 Å². The third-order valence-corrected chi connectivity index (χ3v) is 6.10. The lowest BCUT2D eigenvalue weighted by Crippen LogP contribution is -2.55. The quantitative estimate of drug-likeness (QED) is 0.662. The van der Waals surface area contributed by atoms with Crippen molar-refractivity contribution >= 4 is 28.6 Å². The third-order valence-electron chi connectivity index (χ3n) is 5.78. The Morgan fingerprint density at radius 1 is 1.31 bits per heavy atom. The smallest absolute Gasteiger partial charge is 0.408 e. The minimum Gasteiger partial charge on any atom is -0.465 e. The van der Waals surface area contributed by atoms with Gasteiger partial charge in [-0.15, -0.1) is 0 Å². The summed E-state index contributed by atoms with van der Waals surface area (Å²) in [4.78, 5) is 32.0. The fourth-order valence-corrected chi connectivity index (χ4v) is 4.73. The average Bonchev–Trinajstić information content (AvgIpc) is 3.31. The Balaban J connectivity index is 2.19. The van der Waals surface area contributed by atoms with Crippen LogP contribution in [0.3, 0.4) is 0 Å². The molecule has 1 aromatic carbocycles. The summed E-state index contributed by atoms with van der Waals surface area (Å²) in [6, 6.07) is 6.75. The second-order valence-electron chi connectivity index (χ2n) is 8.29. The average molecular weight is 416 g/mol. The number of aromatic amines is 1. The van der Waals surface area contributed by atoms with Crippen LogP contribution in [0.2, 0.25) is 5.02 Å². The highest BCUT2D eigenvalue weighted by Gasteiger charge is 2.56. The first-order chi connectivity index (χ1) is 13.7. The second-order valence-corrected chi connectivity index (χ2v) is 8.70. The first kappa shape index (κ1) is 19.4. The first-order valence-electron chi connectivity index (χ1n) is 9.41. The largest absolute Gasteiger partial charge is 0.465 e. The van der Waals surface area contributed by atoms with Crippen molar-refractivity contribution in [1.29, 1.82) is 0 Å². The zero-order valence-electron chi connectivity index (χ0n) is 16.4. The van der Waals surface area contributed by atoms with Gasteiger partial charge in [-0.1, -0.05) is 38.4 Å². The number of likely N-dealkylation sites (tertiary alicyclic amines) is 1. The molecule has 3 heterocycles. The Kier molecular flexibility index (Phi) is 4.42. The Bertz CT molecular complexity index is 1150. The van der Waals surface area contributed by atoms with Gasteiger partial charge in [-0.25, -0.2) is 14.3 Å². The number of nitrogens with one attached hydrogen (secondary N) is 1. The molecule has 1 atom stereocenters. The highest BCUT2D eigenvalue weighted by atomic mass is 35.5. The maximum absolute atomic E-state index is 13.6. The zero-order valence-corrected chi connectivity index (χ0v) is 17.2. The molecule has 0 aliphatic carbocycles. The van der Waals surface area contributed by atoms with Crippen LogP contribution in [-0.2, 0) is 5.54 Å². The number of benzene rings is 1. The van der Waals surface area contributed by atoms with Crippen molar-refractivity contribution in [2.75, 3.05) is 6.54 Å². The van der Waals surface area contributed by atoms with Crippen molar-refractivity contribution in [2.24, 2.45) is 5.41 Å². The van der Waals surface area contributed by atoms with Crippen LogP contribution in [0.15, 0.2) is 35.3 Å². The second kappa shape index (κ2) is 6.59. The monoisotopic (exact) mass is 415 g/mol. The number of hydrogen-bond acceptors (Lipinski definition) is 4. The molecule has 29 heavy (non-hydrogen) atoms. The minimum atomic E-state index is -1.04. The predicted octanol–water partition coefficient (Wildman–Crippen LogP) is 3.78. The summed E-state index contributed by atoms with van der Waals surface area (Å²) in [6.07, 6.45) is 1.79. The molecular formula is C20H22ClN5O3. The van der Waals surface area contributed by atoms with E-state index in [0.717, 1.165) is 0 Å². The van der Waals surface area contributed by atoms with Crippen molar-refractivity contribution in [1.82, 2.24) is 24.6 Å². The van der Waals surface area contributed by atoms with Crippen LogP contribution in [0.5, 0.6) is 0 Å². The van der Waals surface area contributed by atoms with Crippen molar-refractivity contribution < 1.29 is 9.90 Å². The number of carboxylic acid groups (broad SMARTS) is 1. The van der Waals surface area contributed by atoms with Gasteiger partial charge in [0.1, 0.15) is 11.4 Å². The Hall–Kier alpha value is -2.87. The molecule has 2 N–H and O–H groups in total. The van der Waals surface area contributed by atoms with Crippen LogP contribution in [0.1, 0.15) is 39.4 Å². The van der Waals surface area contributed by atoms with E-state index in [1.165, 1.54) is 9.47 Å². The standard InChI is InChI=1S/C20H22ClN5O3/c1-19(2,3)20(9-5-11-25(20)18(28)29)17-23-13-7-4-6-12(21)15(13)16(27)26(17)14-8-10-22-24-14/h4,6-8,10H,5,9,11H2,1-3H3,(H,22,24)(H,28,29)/t20-/m1/s1. The van der Waals surface area contributed by atoms with Gasteiger partial charge < -0.3 is 5.11 Å². The maximum Gasteiger partial charge on any atom is 0.408 e. The van der Waals surface area contributed by atoms with Gasteiger partial charge in [0.25, 0.3) is 5.56 Å². The summed E-state index contributed by atoms with van der Waals surface area (Å²) in [5.74, 6) is 0.706. The molecule has 1 aliphatic rings. The van der Waals surface area contributed by atoms with Gasteiger partial charge in [-0.2, -0.15) is 5.10 Å². The summed E-state index contributed by atoms with van der Waals surface area (Å²) in [6.45, 7) is 6.28. The SMILES string of the molecule is CC(C)(C)[C@]1(c2nc3cccc(Cl)c3c(=O)n2-c2cc[nH]n2)CCCN1C(=O)O. The molecule has 1 fully saturated rings. The predicted molar refractivity (Wildman–Crippen MR) is 110 cm³/mol. The minimum absolute atomic E-state index is 0.282. The van der Waals surface area contributed by atoms with Gasteiger partial charge >= 0.3 is 6.09 Å². The molecule has 2 aromatic heterocycles. The molecular weight excluding hydrogens is 394 g/mol. The molecule has 152 valence electrons. The van der Waals surface area contributed by atoms with E-state index >= 15 is 0 Å². The van der Waals surface area contributed by atoms with E-state index in [1.54, 1.807) is 30.5 Å². The highest BCUT2D eigenvalue weighted by Crippen LogP contribution is 2.51. The van der Waals surface area contributed by atoms with E-state index < -0.39 is 17.0 Å². The molecule has 0 saturated carbocycles. The lowest BCUT2D eigenvalue weighted by molar-refractivity contribution is 0.0193. The molecule has 0 spiro atoms. The molecule has 9 heteroatoms. The Labute approximate surface area is 172 Å². The number of carbonyl (C=O) groups is 1. The van der Waals surface area contributed by atoms with Gasteiger partial charge in [0.2, 0.25) is 0 Å². The molecule has 8 nitrogen and oxygen atoms in total. The van der Waals surface area contributed by atoms with Crippen LogP contribution in [0.25, 0.3) is 16.7 Å². The Morgan fingerprint density at radius 2 is 2.07 bits per heavy atom. The highest BCUT2D eigenvalue weighted by molar-refractivity contribution is 6.35. The first-order valence-corrected chi connectivity index (χ1v) is 9.79. The molecule has 1 saturated heterocycles. The number of amides is 1. The van der Waals surface area contributed by atoms with E-state index in [0.29, 0.717) is 41.6 Å². The van der Waals surface area contributed by atoms with Crippen LogP contribution >= 0.6 is 11.6 Å². The van der Waals surface area contributed by atoms with Gasteiger partial charge in [0.05, 0.1) is 15.9 Å². The van der Waals surface area contributed by atoms with Crippen LogP contribution < -0.4 is 5.56 Å². The van der Waals surface area contributed by atoms with Crippen molar-refractivity contribution in [3.05, 3.63) is 51.7 Å². The fraction of sp³-hybridized carbons (Fsp3) is 0.400. The molecule has 0 unspecified atom stereocenters. The summed E-state index contributed by atoms with van der Waals surface area (Å²) in [7, 11) is 0. The molecule has 3 aromatic rings. The molecule has 4 rings (SSSR count). The van der Waals surface area contributed by atoms with Gasteiger partial charge in [-0.05, 0) is 30.4 Å². The molecule has 1 amide bonds. The normalized spacial score (nSPS) is 19.8. The van der Waals surface area contributed by atoms with Crippen molar-refractivity contribution in [3.8, 4) is 5.82 Å². The van der Waals surface area contributed by atoms with Gasteiger partial charge in [0, 0.05) is 18.8 Å². The number of fused-ring (bicyclic) bond motifs is 1. The fourth-order valence-electron chi connectivity index (χ4n) is 4.48. The zero-order chi connectivity index (χ0) is 21.0. The Morgan fingerprint density at radius 3 is 2.69 bits per heavy atom. The van der Waals surface area contributed by atoms with Crippen molar-refractivity contribution in [3.63, 3.8) is 0 Å². The van der Waals surface area contributed by atoms with E-state index in [2.05, 4.69) is 10.2 Å². The summed E-state index contributed by atoms with van der Waals surface area (Å²) >= 11 is 6.33. The van der Waals surface area contributed by atoms with E-state index in [1.807, 2.05) is 20.8 Å². The number of rotatable bonds is 2. The van der Waals surface area contributed by atoms with Gasteiger partial charge in [0.15, 0.2) is 5.82 Å². The summed E-state index contributed by atoms with van der Waals surface area (Å²) in [5, 5.41) is 17.5. The number of halogens is 1.